The molecule has 5 rings (SSSR count). The van der Waals surface area contributed by atoms with Crippen molar-refractivity contribution in [2.24, 2.45) is 5.41 Å². The minimum absolute atomic E-state index is 0.0279. The lowest BCUT2D eigenvalue weighted by atomic mass is 9.88. The van der Waals surface area contributed by atoms with Gasteiger partial charge >= 0.3 is 0 Å². The molecule has 2 aromatic heterocycles. The van der Waals surface area contributed by atoms with Gasteiger partial charge in [0.15, 0.2) is 0 Å². The van der Waals surface area contributed by atoms with Crippen molar-refractivity contribution in [2.45, 2.75) is 51.7 Å². The third-order valence-corrected chi connectivity index (χ3v) is 7.57. The maximum atomic E-state index is 13.1. The number of aliphatic hydroxyl groups is 1. The fourth-order valence-corrected chi connectivity index (χ4v) is 4.93. The number of piperidine rings is 1. The highest BCUT2D eigenvalue weighted by atomic mass is 35.5. The second-order valence-electron chi connectivity index (χ2n) is 9.70. The van der Waals surface area contributed by atoms with E-state index in [1.54, 1.807) is 24.7 Å². The quantitative estimate of drug-likeness (QED) is 0.424. The van der Waals surface area contributed by atoms with E-state index in [1.807, 2.05) is 25.1 Å². The zero-order valence-electron chi connectivity index (χ0n) is 20.2. The maximum Gasteiger partial charge on any atom is 0.256 e. The number of amides is 1. The Morgan fingerprint density at radius 2 is 2.00 bits per heavy atom. The van der Waals surface area contributed by atoms with Crippen molar-refractivity contribution in [1.82, 2.24) is 25.3 Å². The summed E-state index contributed by atoms with van der Waals surface area (Å²) in [7, 11) is 0. The monoisotopic (exact) mass is 507 g/mol. The van der Waals surface area contributed by atoms with Gasteiger partial charge in [-0.05, 0) is 61.3 Å². The van der Waals surface area contributed by atoms with Crippen LogP contribution in [0.1, 0.15) is 53.0 Å². The van der Waals surface area contributed by atoms with Crippen molar-refractivity contribution >= 4 is 29.3 Å². The van der Waals surface area contributed by atoms with Crippen LogP contribution in [0.25, 0.3) is 0 Å². The number of nitrogens with one attached hydrogen (secondary N) is 2. The van der Waals surface area contributed by atoms with E-state index < -0.39 is 0 Å². The fraction of sp³-hybridized carbons (Fsp3) is 0.423. The maximum absolute atomic E-state index is 13.1. The molecule has 3 heterocycles. The minimum Gasteiger partial charge on any atom is -0.394 e. The number of halogens is 1. The number of hydrogen-bond acceptors (Lipinski definition) is 8. The Morgan fingerprint density at radius 1 is 1.19 bits per heavy atom. The number of anilines is 2. The first-order valence-corrected chi connectivity index (χ1v) is 12.6. The van der Waals surface area contributed by atoms with Crippen LogP contribution in [0.2, 0.25) is 5.02 Å². The molecular formula is C26H30ClN7O2. The van der Waals surface area contributed by atoms with Crippen molar-refractivity contribution < 1.29 is 9.90 Å². The lowest BCUT2D eigenvalue weighted by Gasteiger charge is -2.39. The molecule has 1 unspecified atom stereocenters. The first kappa shape index (κ1) is 24.4. The highest BCUT2D eigenvalue weighted by Crippen LogP contribution is 2.55. The number of carbonyl (C=O) groups is 1. The number of rotatable bonds is 8. The number of hydrogen-bond donors (Lipinski definition) is 3. The van der Waals surface area contributed by atoms with Crippen LogP contribution in [0.3, 0.4) is 0 Å². The molecule has 1 aromatic carbocycles. The molecule has 9 nitrogen and oxygen atoms in total. The topological polar surface area (TPSA) is 116 Å². The Balaban J connectivity index is 1.38. The molecule has 0 radical (unpaired) electrons. The average molecular weight is 508 g/mol. The highest BCUT2D eigenvalue weighted by Gasteiger charge is 2.48. The summed E-state index contributed by atoms with van der Waals surface area (Å²) in [5.74, 6) is 1.12. The Bertz CT molecular complexity index is 1240. The summed E-state index contributed by atoms with van der Waals surface area (Å²) < 4.78 is 0. The Labute approximate surface area is 215 Å². The predicted octanol–water partition coefficient (Wildman–Crippen LogP) is 3.51. The zero-order chi connectivity index (χ0) is 25.1. The van der Waals surface area contributed by atoms with E-state index in [2.05, 4.69) is 30.5 Å². The SMILES string of the molecule is Cc1ccc(CNc2nc(N3CCC4(CC4)CC3CO)ncc2C(=O)NCc2ncccn2)cc1Cl. The predicted molar refractivity (Wildman–Crippen MR) is 138 cm³/mol. The van der Waals surface area contributed by atoms with E-state index >= 15 is 0 Å². The summed E-state index contributed by atoms with van der Waals surface area (Å²) in [6.07, 6.45) is 9.28. The summed E-state index contributed by atoms with van der Waals surface area (Å²) >= 11 is 6.30. The third kappa shape index (κ3) is 5.42. The molecule has 3 N–H and O–H groups in total. The Morgan fingerprint density at radius 3 is 2.72 bits per heavy atom. The Hall–Kier alpha value is -3.30. The van der Waals surface area contributed by atoms with Gasteiger partial charge < -0.3 is 20.6 Å². The first-order valence-electron chi connectivity index (χ1n) is 12.2. The third-order valence-electron chi connectivity index (χ3n) is 7.16. The van der Waals surface area contributed by atoms with Crippen LogP contribution in [-0.4, -0.2) is 50.1 Å². The number of nitrogens with zero attached hydrogens (tertiary/aromatic N) is 5. The molecule has 2 aliphatic rings. The van der Waals surface area contributed by atoms with Crippen LogP contribution in [0.5, 0.6) is 0 Å². The van der Waals surface area contributed by atoms with Crippen molar-refractivity contribution in [3.05, 3.63) is 70.4 Å². The second kappa shape index (κ2) is 10.4. The summed E-state index contributed by atoms with van der Waals surface area (Å²) in [6, 6.07) is 7.55. The van der Waals surface area contributed by atoms with Crippen LogP contribution in [0.15, 0.2) is 42.9 Å². The molecule has 10 heteroatoms. The zero-order valence-corrected chi connectivity index (χ0v) is 21.0. The van der Waals surface area contributed by atoms with Crippen LogP contribution < -0.4 is 15.5 Å². The van der Waals surface area contributed by atoms with Gasteiger partial charge in [0.25, 0.3) is 5.91 Å². The summed E-state index contributed by atoms with van der Waals surface area (Å²) in [6.45, 7) is 3.42. The molecule has 188 valence electrons. The van der Waals surface area contributed by atoms with Crippen molar-refractivity contribution in [3.63, 3.8) is 0 Å². The number of carbonyl (C=O) groups excluding carboxylic acids is 1. The van der Waals surface area contributed by atoms with Crippen molar-refractivity contribution in [3.8, 4) is 0 Å². The van der Waals surface area contributed by atoms with E-state index in [9.17, 15) is 9.90 Å². The Kier molecular flexibility index (Phi) is 7.02. The van der Waals surface area contributed by atoms with Crippen LogP contribution in [0.4, 0.5) is 11.8 Å². The molecule has 2 fully saturated rings. The molecule has 1 amide bonds. The molecule has 1 saturated heterocycles. The fourth-order valence-electron chi connectivity index (χ4n) is 4.73. The van der Waals surface area contributed by atoms with Gasteiger partial charge in [-0.3, -0.25) is 4.79 Å². The van der Waals surface area contributed by atoms with Crippen molar-refractivity contribution in [2.75, 3.05) is 23.4 Å². The number of aromatic nitrogens is 4. The van der Waals surface area contributed by atoms with Gasteiger partial charge in [-0.15, -0.1) is 0 Å². The highest BCUT2D eigenvalue weighted by molar-refractivity contribution is 6.31. The number of benzene rings is 1. The minimum atomic E-state index is -0.326. The molecule has 0 bridgehead atoms. The van der Waals surface area contributed by atoms with E-state index in [-0.39, 0.29) is 25.1 Å². The number of aliphatic hydroxyl groups excluding tert-OH is 1. The van der Waals surface area contributed by atoms with Gasteiger partial charge in [0.2, 0.25) is 5.95 Å². The van der Waals surface area contributed by atoms with Gasteiger partial charge in [0.05, 0.1) is 19.2 Å². The van der Waals surface area contributed by atoms with Gasteiger partial charge in [-0.2, -0.15) is 4.98 Å². The lowest BCUT2D eigenvalue weighted by molar-refractivity contribution is 0.0950. The van der Waals surface area contributed by atoms with E-state index in [1.165, 1.54) is 12.8 Å². The molecule has 1 atom stereocenters. The van der Waals surface area contributed by atoms with Crippen LogP contribution in [-0.2, 0) is 13.1 Å². The smallest absolute Gasteiger partial charge is 0.256 e. The molecule has 1 saturated carbocycles. The number of aryl methyl sites for hydroxylation is 1. The van der Waals surface area contributed by atoms with E-state index in [4.69, 9.17) is 16.6 Å². The van der Waals surface area contributed by atoms with Gasteiger partial charge in [-0.1, -0.05) is 23.7 Å². The van der Waals surface area contributed by atoms with Crippen molar-refractivity contribution in [1.29, 1.82) is 0 Å². The first-order chi connectivity index (χ1) is 17.5. The molecule has 36 heavy (non-hydrogen) atoms. The summed E-state index contributed by atoms with van der Waals surface area (Å²) in [4.78, 5) is 32.8. The molecule has 1 spiro atoms. The largest absolute Gasteiger partial charge is 0.394 e. The second-order valence-corrected chi connectivity index (χ2v) is 10.1. The van der Waals surface area contributed by atoms with Crippen LogP contribution >= 0.6 is 11.6 Å². The average Bonchev–Trinajstić information content (AvgIpc) is 3.66. The molecule has 1 aliphatic carbocycles. The molecule has 1 aliphatic heterocycles. The van der Waals surface area contributed by atoms with Gasteiger partial charge in [0.1, 0.15) is 17.2 Å². The normalized spacial score (nSPS) is 18.2. The standard InChI is InChI=1S/C26H30ClN7O2/c1-17-3-4-18(11-21(17)27)13-30-23-20(24(36)31-15-22-28-8-2-9-29-22)14-32-25(33-23)34-10-7-26(5-6-26)12-19(34)16-35/h2-4,8-9,11,14,19,35H,5-7,10,12-13,15-16H2,1H3,(H,31,36)(H,30,32,33). The molecular weight excluding hydrogens is 478 g/mol. The lowest BCUT2D eigenvalue weighted by Crippen LogP contribution is -2.46. The van der Waals surface area contributed by atoms with Crippen LogP contribution in [0, 0.1) is 12.3 Å². The van der Waals surface area contributed by atoms with Gasteiger partial charge in [-0.25, -0.2) is 15.0 Å². The van der Waals surface area contributed by atoms with Gasteiger partial charge in [0, 0.05) is 36.7 Å². The molecule has 3 aromatic rings. The summed E-state index contributed by atoms with van der Waals surface area (Å²) in [5.41, 5.74) is 2.68. The van der Waals surface area contributed by atoms with E-state index in [0.717, 1.165) is 30.5 Å². The van der Waals surface area contributed by atoms with E-state index in [0.29, 0.717) is 40.1 Å². The summed E-state index contributed by atoms with van der Waals surface area (Å²) in [5, 5.41) is 16.9.